The number of benzene rings is 2. The Morgan fingerprint density at radius 1 is 1.03 bits per heavy atom. The van der Waals surface area contributed by atoms with Crippen molar-refractivity contribution >= 4 is 11.8 Å². The van der Waals surface area contributed by atoms with Gasteiger partial charge in [0, 0.05) is 39.8 Å². The van der Waals surface area contributed by atoms with Crippen LogP contribution in [0.25, 0.3) is 0 Å². The van der Waals surface area contributed by atoms with E-state index in [1.54, 1.807) is 14.0 Å². The summed E-state index contributed by atoms with van der Waals surface area (Å²) in [6, 6.07) is 17.9. The predicted octanol–water partition coefficient (Wildman–Crippen LogP) is 3.47. The standard InChI is InChI=1S/C26H32N2O4/c1-20(29)28-15-14-27(19-24(28)22-8-10-23(31-2)11-9-22)25(30)26(12-16-32-17-13-26)18-21-6-4-3-5-7-21/h3-11,24H,12-19H2,1-2H3/t24-/m0/s1. The van der Waals surface area contributed by atoms with Crippen LogP contribution in [-0.2, 0) is 20.7 Å². The number of methoxy groups -OCH3 is 1. The minimum atomic E-state index is -0.456. The maximum Gasteiger partial charge on any atom is 0.229 e. The molecule has 2 amide bonds. The molecule has 0 spiro atoms. The Bertz CT molecular complexity index is 923. The van der Waals surface area contributed by atoms with Gasteiger partial charge in [-0.1, -0.05) is 42.5 Å². The summed E-state index contributed by atoms with van der Waals surface area (Å²) in [5.74, 6) is 0.991. The average molecular weight is 437 g/mol. The summed E-state index contributed by atoms with van der Waals surface area (Å²) < 4.78 is 10.9. The molecule has 0 radical (unpaired) electrons. The zero-order chi connectivity index (χ0) is 22.6. The molecule has 2 aliphatic rings. The largest absolute Gasteiger partial charge is 0.497 e. The van der Waals surface area contributed by atoms with Crippen molar-refractivity contribution < 1.29 is 19.1 Å². The number of amides is 2. The van der Waals surface area contributed by atoms with Crippen molar-refractivity contribution in [1.82, 2.24) is 9.80 Å². The van der Waals surface area contributed by atoms with E-state index in [0.29, 0.717) is 32.8 Å². The van der Waals surface area contributed by atoms with E-state index in [1.165, 1.54) is 5.56 Å². The minimum Gasteiger partial charge on any atom is -0.497 e. The zero-order valence-electron chi connectivity index (χ0n) is 19.0. The Balaban J connectivity index is 1.59. The topological polar surface area (TPSA) is 59.1 Å². The quantitative estimate of drug-likeness (QED) is 0.720. The second-order valence-electron chi connectivity index (χ2n) is 8.81. The number of piperazine rings is 1. The van der Waals surface area contributed by atoms with Crippen molar-refractivity contribution in [2.45, 2.75) is 32.2 Å². The monoisotopic (exact) mass is 436 g/mol. The molecule has 2 aromatic carbocycles. The number of carbonyl (C=O) groups is 2. The lowest BCUT2D eigenvalue weighted by atomic mass is 9.73. The van der Waals surface area contributed by atoms with Crippen molar-refractivity contribution in [2.24, 2.45) is 5.41 Å². The van der Waals surface area contributed by atoms with Gasteiger partial charge in [-0.05, 0) is 42.5 Å². The molecule has 2 saturated heterocycles. The molecule has 0 bridgehead atoms. The summed E-state index contributed by atoms with van der Waals surface area (Å²) in [5, 5.41) is 0. The lowest BCUT2D eigenvalue weighted by molar-refractivity contribution is -0.154. The van der Waals surface area contributed by atoms with Crippen LogP contribution in [0.5, 0.6) is 5.75 Å². The van der Waals surface area contributed by atoms with Crippen molar-refractivity contribution in [3.63, 3.8) is 0 Å². The highest BCUT2D eigenvalue weighted by molar-refractivity contribution is 5.84. The third-order valence-corrected chi connectivity index (χ3v) is 6.86. The third kappa shape index (κ3) is 4.65. The van der Waals surface area contributed by atoms with Gasteiger partial charge in [-0.25, -0.2) is 0 Å². The van der Waals surface area contributed by atoms with E-state index in [4.69, 9.17) is 9.47 Å². The highest BCUT2D eigenvalue weighted by atomic mass is 16.5. The molecule has 0 unspecified atom stereocenters. The molecule has 1 atom stereocenters. The first kappa shape index (κ1) is 22.3. The SMILES string of the molecule is COc1ccc([C@@H]2CN(C(=O)C3(Cc4ccccc4)CCOCC3)CCN2C(C)=O)cc1. The number of rotatable bonds is 5. The summed E-state index contributed by atoms with van der Waals surface area (Å²) in [6.45, 7) is 4.41. The molecule has 170 valence electrons. The van der Waals surface area contributed by atoms with Crippen LogP contribution in [0.1, 0.15) is 36.9 Å². The molecule has 6 nitrogen and oxygen atoms in total. The number of hydrogen-bond donors (Lipinski definition) is 0. The molecule has 2 fully saturated rings. The van der Waals surface area contributed by atoms with Crippen LogP contribution in [0.2, 0.25) is 0 Å². The summed E-state index contributed by atoms with van der Waals surface area (Å²) >= 11 is 0. The molecular weight excluding hydrogens is 404 g/mol. The van der Waals surface area contributed by atoms with Gasteiger partial charge in [-0.3, -0.25) is 9.59 Å². The van der Waals surface area contributed by atoms with E-state index in [2.05, 4.69) is 12.1 Å². The van der Waals surface area contributed by atoms with Crippen molar-refractivity contribution in [3.05, 3.63) is 65.7 Å². The maximum absolute atomic E-state index is 14.0. The Morgan fingerprint density at radius 2 is 1.72 bits per heavy atom. The van der Waals surface area contributed by atoms with Gasteiger partial charge in [-0.2, -0.15) is 0 Å². The summed E-state index contributed by atoms with van der Waals surface area (Å²) in [7, 11) is 1.64. The van der Waals surface area contributed by atoms with Gasteiger partial charge >= 0.3 is 0 Å². The Hall–Kier alpha value is -2.86. The van der Waals surface area contributed by atoms with Gasteiger partial charge in [-0.15, -0.1) is 0 Å². The third-order valence-electron chi connectivity index (χ3n) is 6.86. The van der Waals surface area contributed by atoms with E-state index in [1.807, 2.05) is 52.3 Å². The lowest BCUT2D eigenvalue weighted by Crippen LogP contribution is -2.56. The van der Waals surface area contributed by atoms with Crippen LogP contribution >= 0.6 is 0 Å². The maximum atomic E-state index is 14.0. The fourth-order valence-electron chi connectivity index (χ4n) is 5.01. The van der Waals surface area contributed by atoms with Gasteiger partial charge < -0.3 is 19.3 Å². The lowest BCUT2D eigenvalue weighted by Gasteiger charge is -2.46. The van der Waals surface area contributed by atoms with Crippen LogP contribution in [0, 0.1) is 5.41 Å². The predicted molar refractivity (Wildman–Crippen MR) is 122 cm³/mol. The van der Waals surface area contributed by atoms with Gasteiger partial charge in [0.2, 0.25) is 11.8 Å². The normalized spacial score (nSPS) is 20.6. The van der Waals surface area contributed by atoms with Crippen LogP contribution in [0.4, 0.5) is 0 Å². The van der Waals surface area contributed by atoms with Crippen LogP contribution < -0.4 is 4.74 Å². The minimum absolute atomic E-state index is 0.0305. The zero-order valence-corrected chi connectivity index (χ0v) is 19.0. The first-order valence-electron chi connectivity index (χ1n) is 11.3. The first-order valence-corrected chi connectivity index (χ1v) is 11.3. The molecule has 32 heavy (non-hydrogen) atoms. The molecule has 6 heteroatoms. The second-order valence-corrected chi connectivity index (χ2v) is 8.81. The molecule has 0 saturated carbocycles. The summed E-state index contributed by atoms with van der Waals surface area (Å²) in [4.78, 5) is 30.2. The highest BCUT2D eigenvalue weighted by Crippen LogP contribution is 2.38. The number of nitrogens with zero attached hydrogens (tertiary/aromatic N) is 2. The Labute approximate surface area is 190 Å². The molecule has 4 rings (SSSR count). The fraction of sp³-hybridized carbons (Fsp3) is 0.462. The van der Waals surface area contributed by atoms with Gasteiger partial charge in [0.25, 0.3) is 0 Å². The highest BCUT2D eigenvalue weighted by Gasteiger charge is 2.44. The molecule has 2 aliphatic heterocycles. The smallest absolute Gasteiger partial charge is 0.229 e. The van der Waals surface area contributed by atoms with Gasteiger partial charge in [0.15, 0.2) is 0 Å². The summed E-state index contributed by atoms with van der Waals surface area (Å²) in [5.41, 5.74) is 1.74. The van der Waals surface area contributed by atoms with Crippen molar-refractivity contribution in [1.29, 1.82) is 0 Å². The van der Waals surface area contributed by atoms with Crippen LogP contribution in [0.3, 0.4) is 0 Å². The van der Waals surface area contributed by atoms with Crippen LogP contribution in [0.15, 0.2) is 54.6 Å². The Kier molecular flexibility index (Phi) is 6.80. The Morgan fingerprint density at radius 3 is 2.34 bits per heavy atom. The average Bonchev–Trinajstić information content (AvgIpc) is 2.84. The van der Waals surface area contributed by atoms with Crippen molar-refractivity contribution in [2.75, 3.05) is 40.0 Å². The first-order chi connectivity index (χ1) is 15.5. The van der Waals surface area contributed by atoms with Crippen LogP contribution in [-0.4, -0.2) is 61.6 Å². The molecule has 2 aromatic rings. The number of hydrogen-bond acceptors (Lipinski definition) is 4. The van der Waals surface area contributed by atoms with E-state index in [0.717, 1.165) is 30.6 Å². The molecular formula is C26H32N2O4. The van der Waals surface area contributed by atoms with E-state index >= 15 is 0 Å². The van der Waals surface area contributed by atoms with Crippen molar-refractivity contribution in [3.8, 4) is 5.75 Å². The molecule has 2 heterocycles. The molecule has 0 aliphatic carbocycles. The van der Waals surface area contributed by atoms with Gasteiger partial charge in [0.05, 0.1) is 18.6 Å². The van der Waals surface area contributed by atoms with E-state index in [9.17, 15) is 9.59 Å². The van der Waals surface area contributed by atoms with E-state index < -0.39 is 5.41 Å². The second kappa shape index (κ2) is 9.74. The van der Waals surface area contributed by atoms with E-state index in [-0.39, 0.29) is 17.9 Å². The number of ether oxygens (including phenoxy) is 2. The van der Waals surface area contributed by atoms with Gasteiger partial charge in [0.1, 0.15) is 5.75 Å². The molecule has 0 N–H and O–H groups in total. The fourth-order valence-corrected chi connectivity index (χ4v) is 5.01. The number of carbonyl (C=O) groups excluding carboxylic acids is 2. The molecule has 0 aromatic heterocycles. The summed E-state index contributed by atoms with van der Waals surface area (Å²) in [6.07, 6.45) is 2.16.